The first-order valence-corrected chi connectivity index (χ1v) is 3.08. The Labute approximate surface area is 54.6 Å². The molecule has 9 heavy (non-hydrogen) atoms. The first kappa shape index (κ1) is 8.43. The van der Waals surface area contributed by atoms with Crippen LogP contribution in [-0.2, 0) is 9.53 Å². The third kappa shape index (κ3) is 5.30. The van der Waals surface area contributed by atoms with Gasteiger partial charge >= 0.3 is 0 Å². The molecule has 0 spiro atoms. The molecule has 54 valence electrons. The summed E-state index contributed by atoms with van der Waals surface area (Å²) >= 11 is 0. The van der Waals surface area contributed by atoms with Crippen molar-refractivity contribution in [3.63, 3.8) is 0 Å². The summed E-state index contributed by atoms with van der Waals surface area (Å²) < 4.78 is 4.22. The van der Waals surface area contributed by atoms with Crippen molar-refractivity contribution in [2.24, 2.45) is 0 Å². The Morgan fingerprint density at radius 3 is 2.89 bits per heavy atom. The first-order chi connectivity index (χ1) is 4.31. The lowest BCUT2D eigenvalue weighted by atomic mass is 10.2. The van der Waals surface area contributed by atoms with Crippen LogP contribution >= 0.6 is 0 Å². The van der Waals surface area contributed by atoms with E-state index in [0.29, 0.717) is 6.42 Å². The van der Waals surface area contributed by atoms with Crippen LogP contribution in [0.5, 0.6) is 0 Å². The molecule has 0 rings (SSSR count). The van der Waals surface area contributed by atoms with Crippen LogP contribution in [0, 0.1) is 0 Å². The molecular formula is C6H12O3. The molecule has 0 radical (unpaired) electrons. The molecule has 0 bridgehead atoms. The SMILES string of the molecule is CCCCC(O)OC=O. The smallest absolute Gasteiger partial charge is 0.295 e. The molecule has 1 N–H and O–H groups in total. The van der Waals surface area contributed by atoms with E-state index < -0.39 is 6.29 Å². The highest BCUT2D eigenvalue weighted by molar-refractivity contribution is 5.37. The van der Waals surface area contributed by atoms with Crippen molar-refractivity contribution in [3.05, 3.63) is 0 Å². The molecule has 0 aromatic carbocycles. The molecule has 0 saturated heterocycles. The lowest BCUT2D eigenvalue weighted by Crippen LogP contribution is -2.09. The van der Waals surface area contributed by atoms with Crippen molar-refractivity contribution in [2.45, 2.75) is 32.5 Å². The van der Waals surface area contributed by atoms with Gasteiger partial charge in [0, 0.05) is 6.42 Å². The van der Waals surface area contributed by atoms with E-state index in [2.05, 4.69) is 4.74 Å². The van der Waals surface area contributed by atoms with Crippen molar-refractivity contribution < 1.29 is 14.6 Å². The molecule has 3 nitrogen and oxygen atoms in total. The number of unbranched alkanes of at least 4 members (excludes halogenated alkanes) is 1. The summed E-state index contributed by atoms with van der Waals surface area (Å²) in [4.78, 5) is 9.60. The fourth-order valence-electron chi connectivity index (χ4n) is 0.511. The topological polar surface area (TPSA) is 46.5 Å². The number of rotatable bonds is 5. The number of hydrogen-bond acceptors (Lipinski definition) is 3. The van der Waals surface area contributed by atoms with Crippen LogP contribution in [0.1, 0.15) is 26.2 Å². The largest absolute Gasteiger partial charge is 0.438 e. The predicted octanol–water partition coefficient (Wildman–Crippen LogP) is 0.668. The molecular weight excluding hydrogens is 120 g/mol. The maximum absolute atomic E-state index is 9.60. The van der Waals surface area contributed by atoms with Crippen LogP contribution in [0.3, 0.4) is 0 Å². The third-order valence-electron chi connectivity index (χ3n) is 1.02. The molecule has 1 unspecified atom stereocenters. The third-order valence-corrected chi connectivity index (χ3v) is 1.02. The normalized spacial score (nSPS) is 12.7. The van der Waals surface area contributed by atoms with Crippen LogP contribution in [0.15, 0.2) is 0 Å². The number of carbonyl (C=O) groups is 1. The fourth-order valence-corrected chi connectivity index (χ4v) is 0.511. The van der Waals surface area contributed by atoms with E-state index in [-0.39, 0.29) is 6.47 Å². The molecule has 1 atom stereocenters. The number of hydrogen-bond donors (Lipinski definition) is 1. The molecule has 0 fully saturated rings. The molecule has 3 heteroatoms. The van der Waals surface area contributed by atoms with E-state index >= 15 is 0 Å². The van der Waals surface area contributed by atoms with Crippen molar-refractivity contribution >= 4 is 6.47 Å². The summed E-state index contributed by atoms with van der Waals surface area (Å²) in [6.45, 7) is 2.27. The zero-order valence-electron chi connectivity index (χ0n) is 5.54. The lowest BCUT2D eigenvalue weighted by molar-refractivity contribution is -0.152. The van der Waals surface area contributed by atoms with Gasteiger partial charge in [0.15, 0.2) is 6.29 Å². The number of aliphatic hydroxyl groups is 1. The minimum atomic E-state index is -0.901. The van der Waals surface area contributed by atoms with Gasteiger partial charge in [-0.05, 0) is 6.42 Å². The van der Waals surface area contributed by atoms with Gasteiger partial charge in [0.1, 0.15) is 0 Å². The standard InChI is InChI=1S/C6H12O3/c1-2-3-4-6(8)9-5-7/h5-6,8H,2-4H2,1H3. The minimum Gasteiger partial charge on any atom is -0.438 e. The van der Waals surface area contributed by atoms with Gasteiger partial charge in [0.25, 0.3) is 6.47 Å². The zero-order chi connectivity index (χ0) is 7.11. The second kappa shape index (κ2) is 5.56. The van der Waals surface area contributed by atoms with Crippen LogP contribution in [0.2, 0.25) is 0 Å². The number of aliphatic hydroxyl groups excluding tert-OH is 1. The number of ether oxygens (including phenoxy) is 1. The van der Waals surface area contributed by atoms with E-state index in [1.807, 2.05) is 6.92 Å². The summed E-state index contributed by atoms with van der Waals surface area (Å²) in [6, 6.07) is 0. The van der Waals surface area contributed by atoms with Gasteiger partial charge in [0.2, 0.25) is 0 Å². The van der Waals surface area contributed by atoms with Gasteiger partial charge in [-0.15, -0.1) is 0 Å². The molecule has 0 heterocycles. The maximum atomic E-state index is 9.60. The maximum Gasteiger partial charge on any atom is 0.295 e. The van der Waals surface area contributed by atoms with E-state index in [9.17, 15) is 4.79 Å². The van der Waals surface area contributed by atoms with Crippen LogP contribution < -0.4 is 0 Å². The quantitative estimate of drug-likeness (QED) is 0.441. The molecule has 0 aliphatic rings. The van der Waals surface area contributed by atoms with Gasteiger partial charge in [-0.3, -0.25) is 4.79 Å². The Morgan fingerprint density at radius 2 is 2.44 bits per heavy atom. The molecule has 0 aromatic heterocycles. The highest BCUT2D eigenvalue weighted by atomic mass is 16.6. The van der Waals surface area contributed by atoms with Crippen LogP contribution in [-0.4, -0.2) is 17.9 Å². The second-order valence-electron chi connectivity index (χ2n) is 1.83. The Bertz CT molecular complexity index is 72.7. The summed E-state index contributed by atoms with van der Waals surface area (Å²) in [6.07, 6.45) is 1.52. The molecule has 0 aliphatic carbocycles. The highest BCUT2D eigenvalue weighted by Gasteiger charge is 1.99. The average Bonchev–Trinajstić information content (AvgIpc) is 1.85. The Kier molecular flexibility index (Phi) is 5.21. The van der Waals surface area contributed by atoms with E-state index in [1.54, 1.807) is 0 Å². The fraction of sp³-hybridized carbons (Fsp3) is 0.833. The molecule has 0 aromatic rings. The first-order valence-electron chi connectivity index (χ1n) is 3.08. The molecule has 0 saturated carbocycles. The van der Waals surface area contributed by atoms with E-state index in [0.717, 1.165) is 12.8 Å². The summed E-state index contributed by atoms with van der Waals surface area (Å²) in [5, 5.41) is 8.73. The van der Waals surface area contributed by atoms with Crippen molar-refractivity contribution in [2.75, 3.05) is 0 Å². The monoisotopic (exact) mass is 132 g/mol. The van der Waals surface area contributed by atoms with Gasteiger partial charge in [-0.25, -0.2) is 0 Å². The summed E-state index contributed by atoms with van der Waals surface area (Å²) in [5.74, 6) is 0. The molecule has 0 aliphatic heterocycles. The highest BCUT2D eigenvalue weighted by Crippen LogP contribution is 1.99. The van der Waals surface area contributed by atoms with Crippen LogP contribution in [0.25, 0.3) is 0 Å². The lowest BCUT2D eigenvalue weighted by Gasteiger charge is -2.05. The Morgan fingerprint density at radius 1 is 1.78 bits per heavy atom. The van der Waals surface area contributed by atoms with Gasteiger partial charge < -0.3 is 9.84 Å². The minimum absolute atomic E-state index is 0.264. The summed E-state index contributed by atoms with van der Waals surface area (Å²) in [5.41, 5.74) is 0. The molecule has 0 amide bonds. The van der Waals surface area contributed by atoms with Crippen LogP contribution in [0.4, 0.5) is 0 Å². The number of carbonyl (C=O) groups excluding carboxylic acids is 1. The average molecular weight is 132 g/mol. The van der Waals surface area contributed by atoms with E-state index in [1.165, 1.54) is 0 Å². The van der Waals surface area contributed by atoms with Gasteiger partial charge in [0.05, 0.1) is 0 Å². The predicted molar refractivity (Wildman–Crippen MR) is 32.7 cm³/mol. The summed E-state index contributed by atoms with van der Waals surface area (Å²) in [7, 11) is 0. The second-order valence-corrected chi connectivity index (χ2v) is 1.83. The Hall–Kier alpha value is -0.570. The van der Waals surface area contributed by atoms with Crippen molar-refractivity contribution in [3.8, 4) is 0 Å². The zero-order valence-corrected chi connectivity index (χ0v) is 5.54. The van der Waals surface area contributed by atoms with Gasteiger partial charge in [-0.1, -0.05) is 13.3 Å². The Balaban J connectivity index is 3.04. The van der Waals surface area contributed by atoms with Crippen molar-refractivity contribution in [1.29, 1.82) is 0 Å². The van der Waals surface area contributed by atoms with Gasteiger partial charge in [-0.2, -0.15) is 0 Å². The van der Waals surface area contributed by atoms with E-state index in [4.69, 9.17) is 5.11 Å². The van der Waals surface area contributed by atoms with Crippen molar-refractivity contribution in [1.82, 2.24) is 0 Å².